The van der Waals surface area contributed by atoms with Crippen LogP contribution in [0.5, 0.6) is 0 Å². The van der Waals surface area contributed by atoms with Crippen molar-refractivity contribution < 1.29 is 12.8 Å². The van der Waals surface area contributed by atoms with E-state index in [-0.39, 0.29) is 35.5 Å². The molecule has 1 saturated carbocycles. The molecule has 0 amide bonds. The van der Waals surface area contributed by atoms with Gasteiger partial charge in [-0.3, -0.25) is 4.99 Å². The van der Waals surface area contributed by atoms with Crippen molar-refractivity contribution in [3.05, 3.63) is 35.1 Å². The first-order chi connectivity index (χ1) is 12.8. The van der Waals surface area contributed by atoms with E-state index in [1.807, 2.05) is 0 Å². The van der Waals surface area contributed by atoms with Gasteiger partial charge >= 0.3 is 0 Å². The van der Waals surface area contributed by atoms with Gasteiger partial charge in [-0.1, -0.05) is 6.07 Å². The summed E-state index contributed by atoms with van der Waals surface area (Å²) in [5.74, 6) is 0.779. The maximum absolute atomic E-state index is 13.6. The van der Waals surface area contributed by atoms with E-state index in [0.29, 0.717) is 29.5 Å². The van der Waals surface area contributed by atoms with Crippen LogP contribution in [-0.2, 0) is 22.1 Å². The van der Waals surface area contributed by atoms with Crippen LogP contribution in [-0.4, -0.2) is 58.3 Å². The Bertz CT molecular complexity index is 799. The standard InChI is InChI=1S/C19H29FN4O2S.HI/c1-21-19(22-10-14-7-8-24(12-14)18-5-6-18)23-11-16-9-17(20)4-3-15(16)13-27(2,25)26;/h3-4,9,14,18H,5-8,10-13H2,1-2H3,(H2,21,22,23);1H. The first-order valence-electron chi connectivity index (χ1n) is 9.47. The molecule has 2 aliphatic rings. The van der Waals surface area contributed by atoms with Gasteiger partial charge in [0.2, 0.25) is 0 Å². The van der Waals surface area contributed by atoms with E-state index in [4.69, 9.17) is 0 Å². The number of nitrogens with zero attached hydrogens (tertiary/aromatic N) is 2. The van der Waals surface area contributed by atoms with E-state index in [1.54, 1.807) is 7.05 Å². The summed E-state index contributed by atoms with van der Waals surface area (Å²) in [7, 11) is -1.49. The van der Waals surface area contributed by atoms with E-state index >= 15 is 0 Å². The SMILES string of the molecule is CN=C(NCc1cc(F)ccc1CS(C)(=O)=O)NCC1CCN(C2CC2)C1.I. The van der Waals surface area contributed by atoms with Gasteiger partial charge in [-0.25, -0.2) is 12.8 Å². The topological polar surface area (TPSA) is 73.8 Å². The number of nitrogens with one attached hydrogen (secondary N) is 2. The summed E-state index contributed by atoms with van der Waals surface area (Å²) in [6.45, 7) is 3.49. The van der Waals surface area contributed by atoms with Crippen LogP contribution >= 0.6 is 24.0 Å². The molecule has 1 saturated heterocycles. The lowest BCUT2D eigenvalue weighted by Gasteiger charge is -2.17. The van der Waals surface area contributed by atoms with Gasteiger partial charge in [0, 0.05) is 39.0 Å². The molecular weight excluding hydrogens is 494 g/mol. The van der Waals surface area contributed by atoms with Crippen molar-refractivity contribution in [2.75, 3.05) is 32.9 Å². The van der Waals surface area contributed by atoms with Crippen LogP contribution < -0.4 is 10.6 Å². The molecule has 1 unspecified atom stereocenters. The molecule has 2 fully saturated rings. The lowest BCUT2D eigenvalue weighted by atomic mass is 10.1. The molecule has 9 heteroatoms. The minimum atomic E-state index is -3.19. The molecule has 6 nitrogen and oxygen atoms in total. The maximum Gasteiger partial charge on any atom is 0.191 e. The van der Waals surface area contributed by atoms with Gasteiger partial charge < -0.3 is 15.5 Å². The van der Waals surface area contributed by atoms with Gasteiger partial charge in [0.1, 0.15) is 5.82 Å². The fraction of sp³-hybridized carbons (Fsp3) is 0.632. The number of guanidine groups is 1. The highest BCUT2D eigenvalue weighted by Gasteiger charge is 2.34. The van der Waals surface area contributed by atoms with E-state index < -0.39 is 9.84 Å². The van der Waals surface area contributed by atoms with Gasteiger partial charge in [-0.2, -0.15) is 0 Å². The summed E-state index contributed by atoms with van der Waals surface area (Å²) >= 11 is 0. The summed E-state index contributed by atoms with van der Waals surface area (Å²) in [6, 6.07) is 5.02. The zero-order chi connectivity index (χ0) is 19.4. The highest BCUT2D eigenvalue weighted by molar-refractivity contribution is 14.0. The van der Waals surface area contributed by atoms with Crippen molar-refractivity contribution in [3.63, 3.8) is 0 Å². The lowest BCUT2D eigenvalue weighted by Crippen LogP contribution is -2.40. The predicted molar refractivity (Wildman–Crippen MR) is 121 cm³/mol. The van der Waals surface area contributed by atoms with Crippen molar-refractivity contribution in [1.82, 2.24) is 15.5 Å². The summed E-state index contributed by atoms with van der Waals surface area (Å²) < 4.78 is 36.8. The fourth-order valence-corrected chi connectivity index (χ4v) is 4.47. The van der Waals surface area contributed by atoms with Crippen LogP contribution in [0.25, 0.3) is 0 Å². The van der Waals surface area contributed by atoms with Crippen LogP contribution in [0.3, 0.4) is 0 Å². The number of likely N-dealkylation sites (tertiary alicyclic amines) is 1. The number of rotatable bonds is 7. The maximum atomic E-state index is 13.6. The van der Waals surface area contributed by atoms with E-state index in [9.17, 15) is 12.8 Å². The molecule has 0 spiro atoms. The first-order valence-corrected chi connectivity index (χ1v) is 11.5. The highest BCUT2D eigenvalue weighted by Crippen LogP contribution is 2.31. The molecule has 1 aliphatic heterocycles. The third-order valence-electron chi connectivity index (χ3n) is 5.19. The average molecular weight is 524 g/mol. The molecule has 1 aliphatic carbocycles. The van der Waals surface area contributed by atoms with Crippen LogP contribution in [0.15, 0.2) is 23.2 Å². The number of hydrogen-bond donors (Lipinski definition) is 2. The van der Waals surface area contributed by atoms with Crippen molar-refractivity contribution in [3.8, 4) is 0 Å². The molecular formula is C19H30FIN4O2S. The molecule has 1 aromatic rings. The zero-order valence-electron chi connectivity index (χ0n) is 16.4. The molecule has 1 heterocycles. The second-order valence-corrected chi connectivity index (χ2v) is 9.81. The Labute approximate surface area is 184 Å². The number of aliphatic imine (C=N–C) groups is 1. The molecule has 28 heavy (non-hydrogen) atoms. The average Bonchev–Trinajstić information content (AvgIpc) is 3.35. The van der Waals surface area contributed by atoms with Crippen molar-refractivity contribution >= 4 is 39.8 Å². The van der Waals surface area contributed by atoms with Crippen LogP contribution in [0.2, 0.25) is 0 Å². The monoisotopic (exact) mass is 524 g/mol. The predicted octanol–water partition coefficient (Wildman–Crippen LogP) is 2.14. The molecule has 0 bridgehead atoms. The Balaban J connectivity index is 0.00000280. The Morgan fingerprint density at radius 3 is 2.64 bits per heavy atom. The summed E-state index contributed by atoms with van der Waals surface area (Å²) in [5.41, 5.74) is 1.24. The Hall–Kier alpha value is -0.940. The smallest absolute Gasteiger partial charge is 0.191 e. The Morgan fingerprint density at radius 2 is 2.00 bits per heavy atom. The number of benzene rings is 1. The highest BCUT2D eigenvalue weighted by atomic mass is 127. The van der Waals surface area contributed by atoms with E-state index in [0.717, 1.165) is 19.1 Å². The number of sulfone groups is 1. The van der Waals surface area contributed by atoms with Gasteiger partial charge in [0.25, 0.3) is 0 Å². The Kier molecular flexibility index (Phi) is 8.50. The van der Waals surface area contributed by atoms with Crippen molar-refractivity contribution in [2.24, 2.45) is 10.9 Å². The van der Waals surface area contributed by atoms with E-state index in [2.05, 4.69) is 20.5 Å². The second kappa shape index (κ2) is 10.2. The zero-order valence-corrected chi connectivity index (χ0v) is 19.6. The van der Waals surface area contributed by atoms with Gasteiger partial charge in [-0.05, 0) is 55.0 Å². The molecule has 1 aromatic carbocycles. The van der Waals surface area contributed by atoms with Gasteiger partial charge in [0.15, 0.2) is 15.8 Å². The normalized spacial score (nSPS) is 20.7. The Morgan fingerprint density at radius 1 is 1.25 bits per heavy atom. The molecule has 2 N–H and O–H groups in total. The first kappa shape index (κ1) is 23.3. The van der Waals surface area contributed by atoms with Crippen molar-refractivity contribution in [2.45, 2.75) is 37.6 Å². The van der Waals surface area contributed by atoms with Crippen LogP contribution in [0.1, 0.15) is 30.4 Å². The lowest BCUT2D eigenvalue weighted by molar-refractivity contribution is 0.314. The van der Waals surface area contributed by atoms with E-state index in [1.165, 1.54) is 50.3 Å². The van der Waals surface area contributed by atoms with Crippen molar-refractivity contribution in [1.29, 1.82) is 0 Å². The fourth-order valence-electron chi connectivity index (χ4n) is 3.62. The third-order valence-corrected chi connectivity index (χ3v) is 6.03. The van der Waals surface area contributed by atoms with Crippen LogP contribution in [0, 0.1) is 11.7 Å². The minimum Gasteiger partial charge on any atom is -0.356 e. The van der Waals surface area contributed by atoms with Crippen LogP contribution in [0.4, 0.5) is 4.39 Å². The number of hydrogen-bond acceptors (Lipinski definition) is 4. The molecule has 1 atom stereocenters. The second-order valence-electron chi connectivity index (χ2n) is 7.67. The summed E-state index contributed by atoms with van der Waals surface area (Å²) in [6.07, 6.45) is 5.06. The summed E-state index contributed by atoms with van der Waals surface area (Å²) in [4.78, 5) is 6.80. The quantitative estimate of drug-likeness (QED) is 0.325. The third kappa shape index (κ3) is 7.14. The molecule has 0 radical (unpaired) electrons. The summed E-state index contributed by atoms with van der Waals surface area (Å²) in [5, 5.41) is 6.52. The van der Waals surface area contributed by atoms with Gasteiger partial charge in [-0.15, -0.1) is 24.0 Å². The number of halogens is 2. The molecule has 3 rings (SSSR count). The van der Waals surface area contributed by atoms with Gasteiger partial charge in [0.05, 0.1) is 5.75 Å². The molecule has 158 valence electrons. The minimum absolute atomic E-state index is 0. The molecule has 0 aromatic heterocycles. The largest absolute Gasteiger partial charge is 0.356 e.